The van der Waals surface area contributed by atoms with Gasteiger partial charge in [-0.2, -0.15) is 0 Å². The first-order valence-electron chi connectivity index (χ1n) is 11.7. The Labute approximate surface area is 231 Å². The second-order valence-corrected chi connectivity index (χ2v) is 12.0. The lowest BCUT2D eigenvalue weighted by Gasteiger charge is -2.32. The summed E-state index contributed by atoms with van der Waals surface area (Å²) in [6.07, 6.45) is 0. The normalized spacial score (nSPS) is 12.2. The van der Waals surface area contributed by atoms with Gasteiger partial charge < -0.3 is 10.2 Å². The Hall–Kier alpha value is -2.88. The molecule has 3 aromatic rings. The van der Waals surface area contributed by atoms with E-state index in [1.165, 1.54) is 17.0 Å². The lowest BCUT2D eigenvalue weighted by Crippen LogP contribution is -2.52. The zero-order chi connectivity index (χ0) is 27.2. The Balaban J connectivity index is 2.02. The van der Waals surface area contributed by atoms with Gasteiger partial charge in [-0.05, 0) is 68.8 Å². The lowest BCUT2D eigenvalue weighted by atomic mass is 10.1. The van der Waals surface area contributed by atoms with Crippen LogP contribution in [-0.2, 0) is 26.2 Å². The van der Waals surface area contributed by atoms with Crippen molar-refractivity contribution in [1.82, 2.24) is 10.2 Å². The summed E-state index contributed by atoms with van der Waals surface area (Å²) in [4.78, 5) is 28.1. The zero-order valence-corrected chi connectivity index (χ0v) is 23.9. The highest BCUT2D eigenvalue weighted by atomic mass is 79.9. The average Bonchev–Trinajstić information content (AvgIpc) is 2.85. The molecule has 3 rings (SSSR count). The Morgan fingerprint density at radius 2 is 1.62 bits per heavy atom. The van der Waals surface area contributed by atoms with Crippen LogP contribution in [-0.4, -0.2) is 43.8 Å². The summed E-state index contributed by atoms with van der Waals surface area (Å²) >= 11 is 9.53. The maximum absolute atomic E-state index is 13.8. The van der Waals surface area contributed by atoms with Gasteiger partial charge in [-0.25, -0.2) is 8.42 Å². The highest BCUT2D eigenvalue weighted by Gasteiger charge is 2.32. The highest BCUT2D eigenvalue weighted by molar-refractivity contribution is 9.10. The molecule has 3 aromatic carbocycles. The van der Waals surface area contributed by atoms with Gasteiger partial charge >= 0.3 is 0 Å². The summed E-state index contributed by atoms with van der Waals surface area (Å²) < 4.78 is 29.1. The van der Waals surface area contributed by atoms with E-state index in [0.29, 0.717) is 20.7 Å². The van der Waals surface area contributed by atoms with Crippen LogP contribution >= 0.6 is 27.5 Å². The molecule has 37 heavy (non-hydrogen) atoms. The number of nitrogens with one attached hydrogen (secondary N) is 1. The monoisotopic (exact) mass is 605 g/mol. The first kappa shape index (κ1) is 28.7. The molecule has 1 atom stereocenters. The number of halogens is 2. The average molecular weight is 607 g/mol. The summed E-state index contributed by atoms with van der Waals surface area (Å²) in [6.45, 7) is 4.84. The molecule has 196 valence electrons. The van der Waals surface area contributed by atoms with E-state index in [1.807, 2.05) is 13.8 Å². The molecule has 0 aliphatic heterocycles. The van der Waals surface area contributed by atoms with Crippen molar-refractivity contribution >= 4 is 55.1 Å². The zero-order valence-electron chi connectivity index (χ0n) is 20.8. The molecule has 0 aromatic heterocycles. The third kappa shape index (κ3) is 7.56. The Bertz CT molecular complexity index is 1350. The van der Waals surface area contributed by atoms with Crippen molar-refractivity contribution in [3.8, 4) is 0 Å². The van der Waals surface area contributed by atoms with Crippen LogP contribution in [0.25, 0.3) is 0 Å². The van der Waals surface area contributed by atoms with Gasteiger partial charge in [-0.1, -0.05) is 63.9 Å². The van der Waals surface area contributed by atoms with Crippen molar-refractivity contribution in [3.05, 3.63) is 93.9 Å². The van der Waals surface area contributed by atoms with E-state index in [1.54, 1.807) is 73.7 Å². The first-order chi connectivity index (χ1) is 17.5. The Morgan fingerprint density at radius 1 is 0.946 bits per heavy atom. The molecule has 0 unspecified atom stereocenters. The number of rotatable bonds is 10. The molecule has 0 aliphatic rings. The summed E-state index contributed by atoms with van der Waals surface area (Å²) in [5.41, 5.74) is 1.03. The quantitative estimate of drug-likeness (QED) is 0.342. The standard InChI is InChI=1S/C27H29BrClN3O4S/c1-19(2)30-27(34)20(3)31(17-21-9-7-11-23(29)15-21)26(33)18-32(24-12-8-10-22(28)16-24)37(35,36)25-13-5-4-6-14-25/h4-16,19-20H,17-18H2,1-3H3,(H,30,34)/t20-/m0/s1. The molecule has 0 saturated heterocycles. The third-order valence-corrected chi connectivity index (χ3v) is 8.06. The largest absolute Gasteiger partial charge is 0.352 e. The number of carbonyl (C=O) groups excluding carboxylic acids is 2. The number of amides is 2. The lowest BCUT2D eigenvalue weighted by molar-refractivity contribution is -0.139. The summed E-state index contributed by atoms with van der Waals surface area (Å²) in [5.74, 6) is -0.879. The number of sulfonamides is 1. The van der Waals surface area contributed by atoms with E-state index in [2.05, 4.69) is 21.2 Å². The SMILES string of the molecule is CC(C)NC(=O)[C@H](C)N(Cc1cccc(Cl)c1)C(=O)CN(c1cccc(Br)c1)S(=O)(=O)c1ccccc1. The fourth-order valence-corrected chi connectivity index (χ4v) is 5.73. The number of nitrogens with zero attached hydrogens (tertiary/aromatic N) is 2. The first-order valence-corrected chi connectivity index (χ1v) is 14.3. The Morgan fingerprint density at radius 3 is 2.24 bits per heavy atom. The number of hydrogen-bond donors (Lipinski definition) is 1. The molecule has 0 radical (unpaired) electrons. The molecular weight excluding hydrogens is 578 g/mol. The van der Waals surface area contributed by atoms with Gasteiger partial charge in [0.15, 0.2) is 0 Å². The van der Waals surface area contributed by atoms with Gasteiger partial charge in [-0.3, -0.25) is 13.9 Å². The predicted molar refractivity (Wildman–Crippen MR) is 150 cm³/mol. The van der Waals surface area contributed by atoms with Gasteiger partial charge in [0.05, 0.1) is 10.6 Å². The van der Waals surface area contributed by atoms with Crippen LogP contribution in [0.1, 0.15) is 26.3 Å². The Kier molecular flexibility index (Phi) is 9.75. The predicted octanol–water partition coefficient (Wildman–Crippen LogP) is 5.24. The molecule has 0 fully saturated rings. The van der Waals surface area contributed by atoms with Gasteiger partial charge in [-0.15, -0.1) is 0 Å². The van der Waals surface area contributed by atoms with Crippen LogP contribution in [0, 0.1) is 0 Å². The molecule has 0 bridgehead atoms. The summed E-state index contributed by atoms with van der Waals surface area (Å²) in [6, 6.07) is 20.6. The van der Waals surface area contributed by atoms with Gasteiger partial charge in [0, 0.05) is 22.1 Å². The second-order valence-electron chi connectivity index (χ2n) is 8.80. The van der Waals surface area contributed by atoms with E-state index in [9.17, 15) is 18.0 Å². The van der Waals surface area contributed by atoms with Gasteiger partial charge in [0.1, 0.15) is 12.6 Å². The molecule has 10 heteroatoms. The molecular formula is C27H29BrClN3O4S. The number of anilines is 1. The van der Waals surface area contributed by atoms with Crippen molar-refractivity contribution in [3.63, 3.8) is 0 Å². The molecule has 0 aliphatic carbocycles. The fraction of sp³-hybridized carbons (Fsp3) is 0.259. The van der Waals surface area contributed by atoms with Gasteiger partial charge in [0.2, 0.25) is 11.8 Å². The number of carbonyl (C=O) groups is 2. The van der Waals surface area contributed by atoms with Crippen LogP contribution in [0.15, 0.2) is 88.2 Å². The number of hydrogen-bond acceptors (Lipinski definition) is 4. The van der Waals surface area contributed by atoms with Crippen molar-refractivity contribution < 1.29 is 18.0 Å². The molecule has 0 heterocycles. The van der Waals surface area contributed by atoms with E-state index in [4.69, 9.17) is 11.6 Å². The second kappa shape index (κ2) is 12.6. The highest BCUT2D eigenvalue weighted by Crippen LogP contribution is 2.27. The van der Waals surface area contributed by atoms with E-state index in [0.717, 1.165) is 4.31 Å². The molecule has 0 saturated carbocycles. The van der Waals surface area contributed by atoms with Crippen LogP contribution < -0.4 is 9.62 Å². The minimum Gasteiger partial charge on any atom is -0.352 e. The molecule has 1 N–H and O–H groups in total. The molecule has 7 nitrogen and oxygen atoms in total. The van der Waals surface area contributed by atoms with Crippen LogP contribution in [0.2, 0.25) is 5.02 Å². The van der Waals surface area contributed by atoms with Crippen molar-refractivity contribution in [2.75, 3.05) is 10.8 Å². The van der Waals surface area contributed by atoms with Crippen molar-refractivity contribution in [2.45, 2.75) is 44.3 Å². The van der Waals surface area contributed by atoms with E-state index >= 15 is 0 Å². The molecule has 2 amide bonds. The smallest absolute Gasteiger partial charge is 0.264 e. The minimum atomic E-state index is -4.10. The van der Waals surface area contributed by atoms with E-state index in [-0.39, 0.29) is 23.4 Å². The maximum Gasteiger partial charge on any atom is 0.264 e. The fourth-order valence-electron chi connectivity index (χ4n) is 3.70. The summed E-state index contributed by atoms with van der Waals surface area (Å²) in [5, 5.41) is 3.32. The number of benzene rings is 3. The maximum atomic E-state index is 13.8. The summed E-state index contributed by atoms with van der Waals surface area (Å²) in [7, 11) is -4.10. The van der Waals surface area contributed by atoms with Crippen LogP contribution in [0.3, 0.4) is 0 Å². The van der Waals surface area contributed by atoms with Gasteiger partial charge in [0.25, 0.3) is 10.0 Å². The van der Waals surface area contributed by atoms with Crippen LogP contribution in [0.4, 0.5) is 5.69 Å². The van der Waals surface area contributed by atoms with Crippen molar-refractivity contribution in [1.29, 1.82) is 0 Å². The minimum absolute atomic E-state index is 0.0507. The van der Waals surface area contributed by atoms with Crippen molar-refractivity contribution in [2.24, 2.45) is 0 Å². The van der Waals surface area contributed by atoms with E-state index < -0.39 is 28.5 Å². The topological polar surface area (TPSA) is 86.8 Å². The third-order valence-electron chi connectivity index (χ3n) is 5.55. The molecule has 0 spiro atoms. The van der Waals surface area contributed by atoms with Crippen LogP contribution in [0.5, 0.6) is 0 Å².